The Balaban J connectivity index is 2.78. The Morgan fingerprint density at radius 1 is 1.50 bits per heavy atom. The van der Waals surface area contributed by atoms with Crippen molar-refractivity contribution in [2.75, 3.05) is 26.0 Å². The lowest BCUT2D eigenvalue weighted by atomic mass is 10.1. The van der Waals surface area contributed by atoms with Gasteiger partial charge in [0.15, 0.2) is 0 Å². The molecule has 1 atom stereocenters. The van der Waals surface area contributed by atoms with Crippen LogP contribution in [0.2, 0.25) is 5.02 Å². The van der Waals surface area contributed by atoms with Gasteiger partial charge in [0, 0.05) is 11.7 Å². The Morgan fingerprint density at radius 3 is 2.72 bits per heavy atom. The lowest BCUT2D eigenvalue weighted by Gasteiger charge is -2.20. The lowest BCUT2D eigenvalue weighted by Crippen LogP contribution is -2.24. The molecule has 0 aliphatic rings. The molecule has 0 saturated carbocycles. The van der Waals surface area contributed by atoms with E-state index in [9.17, 15) is 0 Å². The standard InChI is InChI=1S/C13H20ClN3S/c1-9(7-8-17(2)3)16-11-6-4-5-10(14)12(11)13(15)18/h4-6,9,16H,7-8H2,1-3H3,(H2,15,18). The number of halogens is 1. The number of thiocarbonyl (C=S) groups is 1. The van der Waals surface area contributed by atoms with Crippen LogP contribution >= 0.6 is 23.8 Å². The molecule has 0 fully saturated rings. The Labute approximate surface area is 119 Å². The molecule has 0 amide bonds. The normalized spacial score (nSPS) is 12.5. The van der Waals surface area contributed by atoms with Gasteiger partial charge in [-0.3, -0.25) is 0 Å². The van der Waals surface area contributed by atoms with E-state index in [0.717, 1.165) is 24.2 Å². The van der Waals surface area contributed by atoms with Gasteiger partial charge in [-0.1, -0.05) is 29.9 Å². The van der Waals surface area contributed by atoms with Crippen molar-refractivity contribution in [3.63, 3.8) is 0 Å². The molecule has 100 valence electrons. The van der Waals surface area contributed by atoms with Gasteiger partial charge < -0.3 is 16.0 Å². The highest BCUT2D eigenvalue weighted by atomic mass is 35.5. The third-order valence-corrected chi connectivity index (χ3v) is 3.19. The van der Waals surface area contributed by atoms with Gasteiger partial charge in [-0.05, 0) is 46.1 Å². The first-order valence-electron chi connectivity index (χ1n) is 5.91. The van der Waals surface area contributed by atoms with E-state index in [0.29, 0.717) is 16.1 Å². The molecular weight excluding hydrogens is 266 g/mol. The Bertz CT molecular complexity index is 421. The highest BCUT2D eigenvalue weighted by molar-refractivity contribution is 7.80. The van der Waals surface area contributed by atoms with Crippen molar-refractivity contribution >= 4 is 34.5 Å². The first-order valence-corrected chi connectivity index (χ1v) is 6.70. The molecule has 0 aliphatic carbocycles. The molecule has 3 N–H and O–H groups in total. The predicted molar refractivity (Wildman–Crippen MR) is 83.6 cm³/mol. The zero-order chi connectivity index (χ0) is 13.7. The van der Waals surface area contributed by atoms with Crippen LogP contribution in [0, 0.1) is 0 Å². The van der Waals surface area contributed by atoms with Gasteiger partial charge in [-0.25, -0.2) is 0 Å². The van der Waals surface area contributed by atoms with E-state index in [1.54, 1.807) is 6.07 Å². The van der Waals surface area contributed by atoms with Crippen molar-refractivity contribution in [3.8, 4) is 0 Å². The van der Waals surface area contributed by atoms with Crippen LogP contribution < -0.4 is 11.1 Å². The number of anilines is 1. The lowest BCUT2D eigenvalue weighted by molar-refractivity contribution is 0.390. The van der Waals surface area contributed by atoms with Crippen LogP contribution in [0.4, 0.5) is 5.69 Å². The second-order valence-electron chi connectivity index (χ2n) is 4.66. The Hall–Kier alpha value is -0.840. The molecule has 0 aromatic heterocycles. The molecule has 1 rings (SSSR count). The monoisotopic (exact) mass is 285 g/mol. The molecule has 0 heterocycles. The molecule has 0 aliphatic heterocycles. The van der Waals surface area contributed by atoms with E-state index >= 15 is 0 Å². The summed E-state index contributed by atoms with van der Waals surface area (Å²) in [4.78, 5) is 2.48. The molecule has 0 saturated heterocycles. The molecule has 5 heteroatoms. The zero-order valence-corrected chi connectivity index (χ0v) is 12.6. The van der Waals surface area contributed by atoms with Crippen LogP contribution in [0.25, 0.3) is 0 Å². The third-order valence-electron chi connectivity index (χ3n) is 2.67. The van der Waals surface area contributed by atoms with E-state index in [2.05, 4.69) is 31.2 Å². The average Bonchev–Trinajstić information content (AvgIpc) is 2.26. The minimum Gasteiger partial charge on any atom is -0.389 e. The summed E-state index contributed by atoms with van der Waals surface area (Å²) in [6, 6.07) is 5.97. The number of hydrogen-bond acceptors (Lipinski definition) is 3. The SMILES string of the molecule is CC(CCN(C)C)Nc1cccc(Cl)c1C(N)=S. The summed E-state index contributed by atoms with van der Waals surface area (Å²) in [6.07, 6.45) is 1.04. The maximum Gasteiger partial charge on any atom is 0.107 e. The summed E-state index contributed by atoms with van der Waals surface area (Å²) in [5.41, 5.74) is 7.34. The third kappa shape index (κ3) is 4.44. The summed E-state index contributed by atoms with van der Waals surface area (Å²) >= 11 is 11.2. The number of hydrogen-bond donors (Lipinski definition) is 2. The molecular formula is C13H20ClN3S. The van der Waals surface area contributed by atoms with Crippen molar-refractivity contribution in [3.05, 3.63) is 28.8 Å². The maximum atomic E-state index is 6.12. The van der Waals surface area contributed by atoms with Gasteiger partial charge in [0.2, 0.25) is 0 Å². The van der Waals surface area contributed by atoms with Crippen LogP contribution in [0.3, 0.4) is 0 Å². The molecule has 1 aromatic rings. The zero-order valence-electron chi connectivity index (χ0n) is 11.0. The van der Waals surface area contributed by atoms with Crippen LogP contribution in [-0.4, -0.2) is 36.6 Å². The van der Waals surface area contributed by atoms with Crippen molar-refractivity contribution in [1.82, 2.24) is 4.90 Å². The maximum absolute atomic E-state index is 6.12. The Morgan fingerprint density at radius 2 is 2.17 bits per heavy atom. The van der Waals surface area contributed by atoms with E-state index < -0.39 is 0 Å². The predicted octanol–water partition coefficient (Wildman–Crippen LogP) is 2.73. The highest BCUT2D eigenvalue weighted by Crippen LogP contribution is 2.25. The van der Waals surface area contributed by atoms with E-state index in [4.69, 9.17) is 29.6 Å². The van der Waals surface area contributed by atoms with Gasteiger partial charge in [0.25, 0.3) is 0 Å². The molecule has 3 nitrogen and oxygen atoms in total. The molecule has 18 heavy (non-hydrogen) atoms. The van der Waals surface area contributed by atoms with Crippen molar-refractivity contribution < 1.29 is 0 Å². The van der Waals surface area contributed by atoms with Gasteiger partial charge in [-0.2, -0.15) is 0 Å². The van der Waals surface area contributed by atoms with Crippen molar-refractivity contribution in [1.29, 1.82) is 0 Å². The minimum atomic E-state index is 0.322. The first kappa shape index (κ1) is 15.2. The summed E-state index contributed by atoms with van der Waals surface area (Å²) in [5.74, 6) is 0. The largest absolute Gasteiger partial charge is 0.389 e. The summed E-state index contributed by atoms with van der Waals surface area (Å²) in [6.45, 7) is 3.16. The fourth-order valence-electron chi connectivity index (χ4n) is 1.68. The second kappa shape index (κ2) is 6.92. The molecule has 0 bridgehead atoms. The van der Waals surface area contributed by atoms with Crippen LogP contribution in [0.5, 0.6) is 0 Å². The topological polar surface area (TPSA) is 41.3 Å². The number of nitrogens with zero attached hydrogens (tertiary/aromatic N) is 1. The average molecular weight is 286 g/mol. The van der Waals surface area contributed by atoms with Crippen LogP contribution in [0.1, 0.15) is 18.9 Å². The summed E-state index contributed by atoms with van der Waals surface area (Å²) in [5, 5.41) is 4.00. The number of nitrogens with two attached hydrogens (primary N) is 1. The van der Waals surface area contributed by atoms with Crippen molar-refractivity contribution in [2.45, 2.75) is 19.4 Å². The summed E-state index contributed by atoms with van der Waals surface area (Å²) in [7, 11) is 4.12. The molecule has 0 radical (unpaired) electrons. The van der Waals surface area contributed by atoms with Crippen molar-refractivity contribution in [2.24, 2.45) is 5.73 Å². The minimum absolute atomic E-state index is 0.322. The molecule has 0 spiro atoms. The number of nitrogens with one attached hydrogen (secondary N) is 1. The second-order valence-corrected chi connectivity index (χ2v) is 5.51. The quantitative estimate of drug-likeness (QED) is 0.789. The molecule has 1 aromatic carbocycles. The fraction of sp³-hybridized carbons (Fsp3) is 0.462. The van der Waals surface area contributed by atoms with E-state index in [1.807, 2.05) is 12.1 Å². The van der Waals surface area contributed by atoms with Gasteiger partial charge in [0.1, 0.15) is 4.99 Å². The molecule has 1 unspecified atom stereocenters. The first-order chi connectivity index (χ1) is 8.41. The fourth-order valence-corrected chi connectivity index (χ4v) is 2.24. The summed E-state index contributed by atoms with van der Waals surface area (Å²) < 4.78 is 0. The van der Waals surface area contributed by atoms with Crippen LogP contribution in [0.15, 0.2) is 18.2 Å². The Kier molecular flexibility index (Phi) is 5.85. The smallest absolute Gasteiger partial charge is 0.107 e. The van der Waals surface area contributed by atoms with Gasteiger partial charge in [-0.15, -0.1) is 0 Å². The van der Waals surface area contributed by atoms with Crippen LogP contribution in [-0.2, 0) is 0 Å². The van der Waals surface area contributed by atoms with E-state index in [1.165, 1.54) is 0 Å². The van der Waals surface area contributed by atoms with E-state index in [-0.39, 0.29) is 0 Å². The highest BCUT2D eigenvalue weighted by Gasteiger charge is 2.11. The van der Waals surface area contributed by atoms with Gasteiger partial charge >= 0.3 is 0 Å². The number of benzene rings is 1. The van der Waals surface area contributed by atoms with Gasteiger partial charge in [0.05, 0.1) is 10.6 Å². The number of rotatable bonds is 6.